The van der Waals surface area contributed by atoms with Crippen molar-refractivity contribution in [3.05, 3.63) is 54.9 Å². The van der Waals surface area contributed by atoms with E-state index in [2.05, 4.69) is 38.1 Å². The first kappa shape index (κ1) is 17.2. The quantitative estimate of drug-likeness (QED) is 0.715. The number of nitrogens with zero attached hydrogens (tertiary/aromatic N) is 2. The van der Waals surface area contributed by atoms with Crippen molar-refractivity contribution in [3.8, 4) is 6.07 Å². The van der Waals surface area contributed by atoms with Gasteiger partial charge in [-0.3, -0.25) is 4.98 Å². The molecular formula is C19H26N2. The van der Waals surface area contributed by atoms with Gasteiger partial charge in [0.05, 0.1) is 11.5 Å². The van der Waals surface area contributed by atoms with Gasteiger partial charge in [0.15, 0.2) is 0 Å². The zero-order valence-electron chi connectivity index (χ0n) is 13.3. The minimum absolute atomic E-state index is 0.352. The van der Waals surface area contributed by atoms with Gasteiger partial charge >= 0.3 is 0 Å². The molecule has 1 aliphatic rings. The molecule has 0 aromatic carbocycles. The van der Waals surface area contributed by atoms with Gasteiger partial charge in [-0.15, -0.1) is 6.58 Å². The van der Waals surface area contributed by atoms with Crippen molar-refractivity contribution in [3.63, 3.8) is 0 Å². The van der Waals surface area contributed by atoms with Gasteiger partial charge in [0, 0.05) is 12.4 Å². The Morgan fingerprint density at radius 2 is 2.33 bits per heavy atom. The summed E-state index contributed by atoms with van der Waals surface area (Å²) in [7, 11) is 0. The van der Waals surface area contributed by atoms with Gasteiger partial charge in [-0.1, -0.05) is 44.6 Å². The molecule has 1 saturated carbocycles. The zero-order chi connectivity index (χ0) is 15.7. The van der Waals surface area contributed by atoms with E-state index in [0.29, 0.717) is 5.92 Å². The second kappa shape index (κ2) is 8.42. The SMILES string of the molecule is C=C1CCC(C#N)(c2cccnc2)CC1C.C=CCCC. The second-order valence-electron chi connectivity index (χ2n) is 5.78. The molecule has 0 amide bonds. The topological polar surface area (TPSA) is 36.7 Å². The number of aromatic nitrogens is 1. The fraction of sp³-hybridized carbons (Fsp3) is 0.474. The van der Waals surface area contributed by atoms with E-state index in [0.717, 1.165) is 31.2 Å². The first-order chi connectivity index (χ1) is 10.1. The van der Waals surface area contributed by atoms with Crippen LogP contribution in [-0.2, 0) is 5.41 Å². The van der Waals surface area contributed by atoms with E-state index in [1.54, 1.807) is 6.20 Å². The Hall–Kier alpha value is -1.88. The molecule has 0 bridgehead atoms. The highest BCUT2D eigenvalue weighted by molar-refractivity contribution is 5.33. The van der Waals surface area contributed by atoms with Gasteiger partial charge in [0.1, 0.15) is 0 Å². The monoisotopic (exact) mass is 282 g/mol. The van der Waals surface area contributed by atoms with E-state index in [1.807, 2.05) is 24.4 Å². The number of hydrogen-bond donors (Lipinski definition) is 0. The molecule has 1 heterocycles. The lowest BCUT2D eigenvalue weighted by Crippen LogP contribution is -2.31. The molecule has 2 heteroatoms. The third-order valence-corrected chi connectivity index (χ3v) is 4.15. The molecule has 21 heavy (non-hydrogen) atoms. The lowest BCUT2D eigenvalue weighted by Gasteiger charge is -2.35. The molecule has 0 spiro atoms. The van der Waals surface area contributed by atoms with Crippen molar-refractivity contribution in [1.82, 2.24) is 4.98 Å². The van der Waals surface area contributed by atoms with Gasteiger partial charge in [-0.25, -0.2) is 0 Å². The summed E-state index contributed by atoms with van der Waals surface area (Å²) >= 11 is 0. The molecule has 0 N–H and O–H groups in total. The zero-order valence-corrected chi connectivity index (χ0v) is 13.3. The first-order valence-electron chi connectivity index (χ1n) is 7.70. The van der Waals surface area contributed by atoms with Crippen molar-refractivity contribution >= 4 is 0 Å². The van der Waals surface area contributed by atoms with Crippen LogP contribution in [0.3, 0.4) is 0 Å². The summed E-state index contributed by atoms with van der Waals surface area (Å²) in [6, 6.07) is 6.42. The number of nitriles is 1. The Morgan fingerprint density at radius 1 is 1.57 bits per heavy atom. The van der Waals surface area contributed by atoms with E-state index >= 15 is 0 Å². The summed E-state index contributed by atoms with van der Waals surface area (Å²) in [4.78, 5) is 4.12. The minimum atomic E-state index is -0.352. The van der Waals surface area contributed by atoms with Crippen LogP contribution < -0.4 is 0 Å². The third kappa shape index (κ3) is 4.56. The van der Waals surface area contributed by atoms with Gasteiger partial charge in [0.25, 0.3) is 0 Å². The van der Waals surface area contributed by atoms with E-state index in [-0.39, 0.29) is 5.41 Å². The minimum Gasteiger partial charge on any atom is -0.264 e. The standard InChI is InChI=1S/C14H16N2.C5H10/c1-11-5-6-14(10-15,8-12(11)2)13-4-3-7-16-9-13;1-3-5-4-2/h3-4,7,9,12H,1,5-6,8H2,2H3;3H,1,4-5H2,2H3. The number of rotatable bonds is 3. The van der Waals surface area contributed by atoms with Crippen LogP contribution in [0.25, 0.3) is 0 Å². The molecule has 1 aliphatic carbocycles. The van der Waals surface area contributed by atoms with Crippen molar-refractivity contribution in [2.75, 3.05) is 0 Å². The van der Waals surface area contributed by atoms with Crippen molar-refractivity contribution in [1.29, 1.82) is 5.26 Å². The molecule has 2 rings (SSSR count). The van der Waals surface area contributed by atoms with Crippen molar-refractivity contribution in [2.45, 2.75) is 51.4 Å². The van der Waals surface area contributed by atoms with Crippen LogP contribution in [-0.4, -0.2) is 4.98 Å². The lowest BCUT2D eigenvalue weighted by atomic mass is 9.66. The normalized spacial score (nSPS) is 24.4. The average Bonchev–Trinajstić information content (AvgIpc) is 2.52. The maximum absolute atomic E-state index is 9.49. The molecular weight excluding hydrogens is 256 g/mol. The molecule has 1 aromatic heterocycles. The Balaban J connectivity index is 0.000000383. The Labute approximate surface area is 129 Å². The third-order valence-electron chi connectivity index (χ3n) is 4.15. The number of hydrogen-bond acceptors (Lipinski definition) is 2. The largest absolute Gasteiger partial charge is 0.264 e. The highest BCUT2D eigenvalue weighted by atomic mass is 14.6. The molecule has 0 aliphatic heterocycles. The molecule has 2 unspecified atom stereocenters. The van der Waals surface area contributed by atoms with Crippen LogP contribution in [0.5, 0.6) is 0 Å². The number of unbranched alkanes of at least 4 members (excludes halogenated alkanes) is 1. The van der Waals surface area contributed by atoms with Crippen LogP contribution in [0.2, 0.25) is 0 Å². The second-order valence-corrected chi connectivity index (χ2v) is 5.78. The molecule has 0 saturated heterocycles. The summed E-state index contributed by atoms with van der Waals surface area (Å²) in [5.74, 6) is 0.425. The molecule has 2 atom stereocenters. The summed E-state index contributed by atoms with van der Waals surface area (Å²) < 4.78 is 0. The van der Waals surface area contributed by atoms with Crippen LogP contribution in [0.4, 0.5) is 0 Å². The lowest BCUT2D eigenvalue weighted by molar-refractivity contribution is 0.353. The van der Waals surface area contributed by atoms with E-state index in [4.69, 9.17) is 0 Å². The van der Waals surface area contributed by atoms with Gasteiger partial charge in [-0.05, 0) is 43.2 Å². The van der Waals surface area contributed by atoms with Crippen molar-refractivity contribution in [2.24, 2.45) is 5.92 Å². The highest BCUT2D eigenvalue weighted by Gasteiger charge is 2.38. The maximum atomic E-state index is 9.49. The summed E-state index contributed by atoms with van der Waals surface area (Å²) in [6.07, 6.45) is 10.6. The predicted molar refractivity (Wildman–Crippen MR) is 88.8 cm³/mol. The van der Waals surface area contributed by atoms with Crippen LogP contribution in [0.1, 0.15) is 51.5 Å². The van der Waals surface area contributed by atoms with Crippen LogP contribution in [0, 0.1) is 17.2 Å². The fourth-order valence-corrected chi connectivity index (χ4v) is 2.67. The molecule has 0 radical (unpaired) electrons. The fourth-order valence-electron chi connectivity index (χ4n) is 2.67. The van der Waals surface area contributed by atoms with Crippen LogP contribution >= 0.6 is 0 Å². The van der Waals surface area contributed by atoms with Gasteiger partial charge < -0.3 is 0 Å². The molecule has 1 aromatic rings. The van der Waals surface area contributed by atoms with E-state index in [9.17, 15) is 5.26 Å². The Kier molecular flexibility index (Phi) is 6.88. The molecule has 112 valence electrons. The highest BCUT2D eigenvalue weighted by Crippen LogP contribution is 2.42. The predicted octanol–water partition coefficient (Wildman–Crippen LogP) is 5.19. The van der Waals surface area contributed by atoms with Crippen molar-refractivity contribution < 1.29 is 0 Å². The maximum Gasteiger partial charge on any atom is 0.0845 e. The smallest absolute Gasteiger partial charge is 0.0845 e. The van der Waals surface area contributed by atoms with Crippen LogP contribution in [0.15, 0.2) is 49.3 Å². The first-order valence-corrected chi connectivity index (χ1v) is 7.70. The molecule has 1 fully saturated rings. The summed E-state index contributed by atoms with van der Waals surface area (Å²) in [6.45, 7) is 11.9. The Morgan fingerprint density at radius 3 is 2.76 bits per heavy atom. The summed E-state index contributed by atoms with van der Waals surface area (Å²) in [5.41, 5.74) is 1.97. The Bertz CT molecular complexity index is 498. The number of pyridine rings is 1. The van der Waals surface area contributed by atoms with Gasteiger partial charge in [0.2, 0.25) is 0 Å². The van der Waals surface area contributed by atoms with Gasteiger partial charge in [-0.2, -0.15) is 5.26 Å². The average molecular weight is 282 g/mol. The van der Waals surface area contributed by atoms with E-state index < -0.39 is 0 Å². The summed E-state index contributed by atoms with van der Waals surface area (Å²) in [5, 5.41) is 9.49. The van der Waals surface area contributed by atoms with E-state index in [1.165, 1.54) is 12.0 Å². The molecule has 2 nitrogen and oxygen atoms in total. The number of allylic oxidation sites excluding steroid dienone is 2.